The Kier molecular flexibility index (Phi) is 6.11. The quantitative estimate of drug-likeness (QED) is 0.593. The van der Waals surface area contributed by atoms with E-state index in [4.69, 9.17) is 14.4 Å². The molecule has 3 aromatic rings. The van der Waals surface area contributed by atoms with Gasteiger partial charge in [-0.2, -0.15) is 5.26 Å². The second-order valence-corrected chi connectivity index (χ2v) is 7.56. The van der Waals surface area contributed by atoms with Crippen molar-refractivity contribution in [2.45, 2.75) is 24.3 Å². The number of benzene rings is 1. The molecule has 2 heterocycles. The Bertz CT molecular complexity index is 960. The minimum Gasteiger partial charge on any atom is -0.494 e. The van der Waals surface area contributed by atoms with Crippen molar-refractivity contribution in [2.24, 2.45) is 0 Å². The van der Waals surface area contributed by atoms with Gasteiger partial charge in [0.2, 0.25) is 11.8 Å². The highest BCUT2D eigenvalue weighted by molar-refractivity contribution is 8.00. The zero-order valence-corrected chi connectivity index (χ0v) is 16.3. The van der Waals surface area contributed by atoms with Gasteiger partial charge < -0.3 is 14.5 Å². The van der Waals surface area contributed by atoms with Gasteiger partial charge in [-0.05, 0) is 49.6 Å². The smallest absolute Gasteiger partial charge is 0.277 e. The first-order chi connectivity index (χ1) is 13.1. The number of hydrogen-bond acceptors (Lipinski definition) is 8. The number of nitrogens with zero attached hydrogens (tertiary/aromatic N) is 3. The molecule has 3 rings (SSSR count). The molecule has 0 radical (unpaired) electrons. The average molecular weight is 400 g/mol. The maximum atomic E-state index is 12.3. The first-order valence-electron chi connectivity index (χ1n) is 8.12. The van der Waals surface area contributed by atoms with Gasteiger partial charge in [-0.15, -0.1) is 21.5 Å². The summed E-state index contributed by atoms with van der Waals surface area (Å²) in [5.74, 6) is 0.906. The van der Waals surface area contributed by atoms with E-state index in [1.807, 2.05) is 37.3 Å². The molecule has 1 atom stereocenters. The molecule has 1 aromatic carbocycles. The lowest BCUT2D eigenvalue weighted by molar-refractivity contribution is -0.115. The Labute approximate surface area is 164 Å². The van der Waals surface area contributed by atoms with Crippen molar-refractivity contribution in [1.29, 1.82) is 5.26 Å². The van der Waals surface area contributed by atoms with Crippen molar-refractivity contribution in [2.75, 3.05) is 11.9 Å². The summed E-state index contributed by atoms with van der Waals surface area (Å²) in [6.07, 6.45) is 0. The fourth-order valence-electron chi connectivity index (χ4n) is 2.15. The number of thiophene rings is 1. The number of aromatic nitrogens is 2. The fraction of sp³-hybridized carbons (Fsp3) is 0.222. The van der Waals surface area contributed by atoms with E-state index in [0.717, 1.165) is 23.1 Å². The van der Waals surface area contributed by atoms with E-state index in [0.29, 0.717) is 28.3 Å². The van der Waals surface area contributed by atoms with Crippen LogP contribution in [0.25, 0.3) is 11.5 Å². The molecule has 0 saturated heterocycles. The van der Waals surface area contributed by atoms with Crippen LogP contribution in [0.2, 0.25) is 0 Å². The summed E-state index contributed by atoms with van der Waals surface area (Å²) in [5, 5.41) is 21.9. The Morgan fingerprint density at radius 2 is 2.15 bits per heavy atom. The van der Waals surface area contributed by atoms with E-state index < -0.39 is 5.25 Å². The number of thioether (sulfide) groups is 1. The van der Waals surface area contributed by atoms with Crippen molar-refractivity contribution >= 4 is 34.0 Å². The van der Waals surface area contributed by atoms with Crippen LogP contribution in [0.15, 0.2) is 45.4 Å². The molecule has 0 saturated carbocycles. The molecule has 0 unspecified atom stereocenters. The highest BCUT2D eigenvalue weighted by atomic mass is 32.2. The maximum absolute atomic E-state index is 12.3. The molecule has 0 aliphatic carbocycles. The number of anilines is 1. The third-order valence-corrected chi connectivity index (χ3v) is 5.25. The van der Waals surface area contributed by atoms with E-state index >= 15 is 0 Å². The van der Waals surface area contributed by atoms with Crippen LogP contribution in [-0.2, 0) is 4.79 Å². The average Bonchev–Trinajstić information content (AvgIpc) is 3.32. The van der Waals surface area contributed by atoms with Crippen LogP contribution in [0.5, 0.6) is 5.75 Å². The highest BCUT2D eigenvalue weighted by Crippen LogP contribution is 2.29. The van der Waals surface area contributed by atoms with Crippen LogP contribution < -0.4 is 10.1 Å². The van der Waals surface area contributed by atoms with Crippen molar-refractivity contribution in [3.63, 3.8) is 0 Å². The first kappa shape index (κ1) is 18.9. The van der Waals surface area contributed by atoms with Gasteiger partial charge in [-0.1, -0.05) is 11.8 Å². The Balaban J connectivity index is 1.63. The summed E-state index contributed by atoms with van der Waals surface area (Å²) in [6, 6.07) is 11.0. The van der Waals surface area contributed by atoms with E-state index in [1.165, 1.54) is 11.3 Å². The summed E-state index contributed by atoms with van der Waals surface area (Å²) >= 11 is 2.47. The number of carbonyl (C=O) groups excluding carboxylic acids is 1. The summed E-state index contributed by atoms with van der Waals surface area (Å²) in [6.45, 7) is 4.26. The predicted molar refractivity (Wildman–Crippen MR) is 104 cm³/mol. The Morgan fingerprint density at radius 1 is 1.37 bits per heavy atom. The lowest BCUT2D eigenvalue weighted by Crippen LogP contribution is -2.22. The molecule has 0 fully saturated rings. The third kappa shape index (κ3) is 4.67. The summed E-state index contributed by atoms with van der Waals surface area (Å²) in [7, 11) is 0. The molecule has 7 nitrogen and oxygen atoms in total. The van der Waals surface area contributed by atoms with E-state index in [9.17, 15) is 4.79 Å². The summed E-state index contributed by atoms with van der Waals surface area (Å²) < 4.78 is 11.0. The van der Waals surface area contributed by atoms with Crippen LogP contribution in [0.1, 0.15) is 19.4 Å². The molecule has 2 aromatic heterocycles. The normalized spacial score (nSPS) is 11.6. The molecule has 0 bridgehead atoms. The van der Waals surface area contributed by atoms with Crippen LogP contribution in [0, 0.1) is 11.3 Å². The van der Waals surface area contributed by atoms with Crippen molar-refractivity contribution in [3.05, 3.63) is 41.3 Å². The topological polar surface area (TPSA) is 101 Å². The van der Waals surface area contributed by atoms with Crippen LogP contribution in [0.4, 0.5) is 5.00 Å². The van der Waals surface area contributed by atoms with Gasteiger partial charge in [0, 0.05) is 5.56 Å². The van der Waals surface area contributed by atoms with Gasteiger partial charge in [-0.25, -0.2) is 0 Å². The zero-order chi connectivity index (χ0) is 19.2. The minimum atomic E-state index is -0.465. The molecule has 0 aliphatic heterocycles. The SMILES string of the molecule is CCOc1ccc(-c2nnc(S[C@H](C)C(=O)Nc3sccc3C#N)o2)cc1. The Hall–Kier alpha value is -2.83. The molecular weight excluding hydrogens is 384 g/mol. The molecular formula is C18H16N4O3S2. The molecule has 1 N–H and O–H groups in total. The maximum Gasteiger partial charge on any atom is 0.277 e. The van der Waals surface area contributed by atoms with Crippen molar-refractivity contribution in [3.8, 4) is 23.3 Å². The standard InChI is InChI=1S/C18H16N4O3S2/c1-3-24-14-6-4-12(5-7-14)16-21-22-18(25-16)27-11(2)15(23)20-17-13(10-19)8-9-26-17/h4-9,11H,3H2,1-2H3,(H,20,23)/t11-/m1/s1. The number of amides is 1. The third-order valence-electron chi connectivity index (χ3n) is 3.49. The molecule has 0 spiro atoms. The molecule has 138 valence electrons. The van der Waals surface area contributed by atoms with Crippen LogP contribution in [0.3, 0.4) is 0 Å². The summed E-state index contributed by atoms with van der Waals surface area (Å²) in [4.78, 5) is 12.3. The molecule has 27 heavy (non-hydrogen) atoms. The largest absolute Gasteiger partial charge is 0.494 e. The van der Waals surface area contributed by atoms with Gasteiger partial charge >= 0.3 is 0 Å². The number of ether oxygens (including phenoxy) is 1. The number of carbonyl (C=O) groups is 1. The summed E-state index contributed by atoms with van der Waals surface area (Å²) in [5.41, 5.74) is 1.22. The lowest BCUT2D eigenvalue weighted by Gasteiger charge is -2.08. The highest BCUT2D eigenvalue weighted by Gasteiger charge is 2.20. The van der Waals surface area contributed by atoms with Gasteiger partial charge in [-0.3, -0.25) is 4.79 Å². The van der Waals surface area contributed by atoms with Crippen LogP contribution >= 0.6 is 23.1 Å². The van der Waals surface area contributed by atoms with E-state index in [-0.39, 0.29) is 5.91 Å². The van der Waals surface area contributed by atoms with Gasteiger partial charge in [0.15, 0.2) is 0 Å². The van der Waals surface area contributed by atoms with Gasteiger partial charge in [0.25, 0.3) is 5.22 Å². The predicted octanol–water partition coefficient (Wildman–Crippen LogP) is 4.19. The number of rotatable bonds is 7. The second kappa shape index (κ2) is 8.70. The second-order valence-electron chi connectivity index (χ2n) is 5.36. The van der Waals surface area contributed by atoms with E-state index in [1.54, 1.807) is 18.4 Å². The zero-order valence-electron chi connectivity index (χ0n) is 14.6. The molecule has 0 aliphatic rings. The minimum absolute atomic E-state index is 0.236. The van der Waals surface area contributed by atoms with E-state index in [2.05, 4.69) is 15.5 Å². The number of nitriles is 1. The lowest BCUT2D eigenvalue weighted by atomic mass is 10.2. The fourth-order valence-corrected chi connectivity index (χ4v) is 3.57. The van der Waals surface area contributed by atoms with Gasteiger partial charge in [0.05, 0.1) is 17.4 Å². The monoisotopic (exact) mass is 400 g/mol. The van der Waals surface area contributed by atoms with Crippen molar-refractivity contribution in [1.82, 2.24) is 10.2 Å². The van der Waals surface area contributed by atoms with Gasteiger partial charge in [0.1, 0.15) is 16.8 Å². The number of nitrogens with one attached hydrogen (secondary N) is 1. The Morgan fingerprint density at radius 3 is 2.85 bits per heavy atom. The van der Waals surface area contributed by atoms with Crippen molar-refractivity contribution < 1.29 is 13.9 Å². The molecule has 1 amide bonds. The number of hydrogen-bond donors (Lipinski definition) is 1. The molecule has 9 heteroatoms. The first-order valence-corrected chi connectivity index (χ1v) is 9.88. The van der Waals surface area contributed by atoms with Crippen LogP contribution in [-0.4, -0.2) is 28.0 Å².